The normalized spacial score (nSPS) is 25.2. The molecule has 0 N–H and O–H groups in total. The van der Waals surface area contributed by atoms with Gasteiger partial charge in [0.05, 0.1) is 24.2 Å². The second-order valence-corrected chi connectivity index (χ2v) is 8.09. The Labute approximate surface area is 132 Å². The lowest BCUT2D eigenvalue weighted by atomic mass is 10.1. The SMILES string of the molecule is O=S(=O)([C@H]1CCCN(Cc2ccccn2)C1)N1CCOCC1. The van der Waals surface area contributed by atoms with Gasteiger partial charge in [-0.15, -0.1) is 0 Å². The van der Waals surface area contributed by atoms with Crippen molar-refractivity contribution in [2.24, 2.45) is 0 Å². The van der Waals surface area contributed by atoms with E-state index in [1.807, 2.05) is 18.2 Å². The number of hydrogen-bond donors (Lipinski definition) is 0. The van der Waals surface area contributed by atoms with Crippen molar-refractivity contribution in [2.75, 3.05) is 39.4 Å². The summed E-state index contributed by atoms with van der Waals surface area (Å²) in [6.45, 7) is 4.23. The second-order valence-electron chi connectivity index (χ2n) is 5.88. The van der Waals surface area contributed by atoms with E-state index in [-0.39, 0.29) is 5.25 Å². The number of nitrogens with zero attached hydrogens (tertiary/aromatic N) is 3. The largest absolute Gasteiger partial charge is 0.379 e. The minimum absolute atomic E-state index is 0.303. The molecule has 2 fully saturated rings. The molecule has 2 aliphatic rings. The number of morpholine rings is 1. The Balaban J connectivity index is 1.64. The van der Waals surface area contributed by atoms with Crippen molar-refractivity contribution < 1.29 is 13.2 Å². The maximum atomic E-state index is 12.8. The van der Waals surface area contributed by atoms with Gasteiger partial charge in [-0.1, -0.05) is 6.07 Å². The number of rotatable bonds is 4. The van der Waals surface area contributed by atoms with Gasteiger partial charge in [0.25, 0.3) is 0 Å². The lowest BCUT2D eigenvalue weighted by Crippen LogP contribution is -2.50. The van der Waals surface area contributed by atoms with Crippen molar-refractivity contribution in [1.29, 1.82) is 0 Å². The lowest BCUT2D eigenvalue weighted by Gasteiger charge is -2.36. The van der Waals surface area contributed by atoms with Crippen LogP contribution in [0.4, 0.5) is 0 Å². The van der Waals surface area contributed by atoms with Crippen molar-refractivity contribution in [3.8, 4) is 0 Å². The molecule has 122 valence electrons. The molecule has 6 nitrogen and oxygen atoms in total. The Hall–Kier alpha value is -1.02. The van der Waals surface area contributed by atoms with E-state index in [4.69, 9.17) is 4.74 Å². The number of ether oxygens (including phenoxy) is 1. The van der Waals surface area contributed by atoms with Crippen LogP contribution in [0.2, 0.25) is 0 Å². The standard InChI is InChI=1S/C15H23N3O3S/c19-22(20,18-8-10-21-11-9-18)15-5-3-7-17(13-15)12-14-4-1-2-6-16-14/h1-2,4,6,15H,3,5,7-13H2/t15-/m0/s1. The lowest BCUT2D eigenvalue weighted by molar-refractivity contribution is 0.0719. The van der Waals surface area contributed by atoms with E-state index in [0.717, 1.165) is 31.6 Å². The van der Waals surface area contributed by atoms with Crippen LogP contribution in [0.15, 0.2) is 24.4 Å². The number of hydrogen-bond acceptors (Lipinski definition) is 5. The molecule has 0 unspecified atom stereocenters. The predicted octanol–water partition coefficient (Wildman–Crippen LogP) is 0.708. The van der Waals surface area contributed by atoms with E-state index >= 15 is 0 Å². The third kappa shape index (κ3) is 3.65. The highest BCUT2D eigenvalue weighted by atomic mass is 32.2. The van der Waals surface area contributed by atoms with Gasteiger partial charge in [0.1, 0.15) is 0 Å². The van der Waals surface area contributed by atoms with E-state index in [0.29, 0.717) is 32.8 Å². The molecule has 0 bridgehead atoms. The average molecular weight is 325 g/mol. The van der Waals surface area contributed by atoms with Crippen LogP contribution in [0.1, 0.15) is 18.5 Å². The van der Waals surface area contributed by atoms with Crippen molar-refractivity contribution in [2.45, 2.75) is 24.6 Å². The summed E-state index contributed by atoms with van der Waals surface area (Å²) in [5.74, 6) is 0. The van der Waals surface area contributed by atoms with Crippen molar-refractivity contribution in [3.63, 3.8) is 0 Å². The first-order valence-electron chi connectivity index (χ1n) is 7.85. The van der Waals surface area contributed by atoms with Gasteiger partial charge in [0.2, 0.25) is 10.0 Å². The van der Waals surface area contributed by atoms with Gasteiger partial charge >= 0.3 is 0 Å². The molecule has 2 aliphatic heterocycles. The fourth-order valence-electron chi connectivity index (χ4n) is 3.13. The fourth-order valence-corrected chi connectivity index (χ4v) is 5.08. The molecule has 0 amide bonds. The quantitative estimate of drug-likeness (QED) is 0.816. The summed E-state index contributed by atoms with van der Waals surface area (Å²) in [5.41, 5.74) is 0.993. The van der Waals surface area contributed by atoms with Gasteiger partial charge < -0.3 is 4.74 Å². The van der Waals surface area contributed by atoms with Crippen LogP contribution in [0, 0.1) is 0 Å². The van der Waals surface area contributed by atoms with Gasteiger partial charge in [-0.2, -0.15) is 4.31 Å². The van der Waals surface area contributed by atoms with Gasteiger partial charge in [-0.05, 0) is 31.5 Å². The van der Waals surface area contributed by atoms with Gasteiger partial charge in [0.15, 0.2) is 0 Å². The van der Waals surface area contributed by atoms with E-state index < -0.39 is 10.0 Å². The van der Waals surface area contributed by atoms with E-state index in [2.05, 4.69) is 9.88 Å². The van der Waals surface area contributed by atoms with Gasteiger partial charge in [-0.25, -0.2) is 8.42 Å². The zero-order valence-corrected chi connectivity index (χ0v) is 13.5. The molecule has 3 heterocycles. The highest BCUT2D eigenvalue weighted by Gasteiger charge is 2.35. The molecule has 7 heteroatoms. The molecule has 2 saturated heterocycles. The van der Waals surface area contributed by atoms with Gasteiger partial charge in [-0.3, -0.25) is 9.88 Å². The van der Waals surface area contributed by atoms with Crippen LogP contribution in [0.5, 0.6) is 0 Å². The summed E-state index contributed by atoms with van der Waals surface area (Å²) in [6, 6.07) is 5.85. The summed E-state index contributed by atoms with van der Waals surface area (Å²) in [5, 5.41) is -0.303. The van der Waals surface area contributed by atoms with E-state index in [9.17, 15) is 8.42 Å². The summed E-state index contributed by atoms with van der Waals surface area (Å²) < 4.78 is 32.4. The molecule has 0 radical (unpaired) electrons. The van der Waals surface area contributed by atoms with Gasteiger partial charge in [0, 0.05) is 32.4 Å². The molecule has 22 heavy (non-hydrogen) atoms. The topological polar surface area (TPSA) is 62.7 Å². The first-order valence-corrected chi connectivity index (χ1v) is 9.35. The van der Waals surface area contributed by atoms with Crippen molar-refractivity contribution >= 4 is 10.0 Å². The second kappa shape index (κ2) is 7.04. The van der Waals surface area contributed by atoms with Crippen LogP contribution in [0.3, 0.4) is 0 Å². The molecule has 0 spiro atoms. The Morgan fingerprint density at radius 3 is 2.77 bits per heavy atom. The number of aromatic nitrogens is 1. The maximum absolute atomic E-state index is 12.8. The Bertz CT molecular complexity index is 573. The first kappa shape index (κ1) is 15.9. The Kier molecular flexibility index (Phi) is 5.07. The first-order chi connectivity index (χ1) is 10.7. The number of sulfonamides is 1. The van der Waals surface area contributed by atoms with Crippen LogP contribution in [-0.4, -0.2) is 67.2 Å². The average Bonchev–Trinajstić information content (AvgIpc) is 2.57. The minimum atomic E-state index is -3.22. The zero-order valence-electron chi connectivity index (χ0n) is 12.7. The molecule has 1 aromatic rings. The highest BCUT2D eigenvalue weighted by molar-refractivity contribution is 7.89. The minimum Gasteiger partial charge on any atom is -0.379 e. The Morgan fingerprint density at radius 1 is 1.23 bits per heavy atom. The Morgan fingerprint density at radius 2 is 2.05 bits per heavy atom. The number of likely N-dealkylation sites (tertiary alicyclic amines) is 1. The maximum Gasteiger partial charge on any atom is 0.218 e. The molecule has 1 aromatic heterocycles. The summed E-state index contributed by atoms with van der Waals surface area (Å²) in [6.07, 6.45) is 3.45. The van der Waals surface area contributed by atoms with Crippen LogP contribution < -0.4 is 0 Å². The number of pyridine rings is 1. The number of piperidine rings is 1. The molecular weight excluding hydrogens is 302 g/mol. The molecular formula is C15H23N3O3S. The van der Waals surface area contributed by atoms with E-state index in [1.165, 1.54) is 0 Å². The van der Waals surface area contributed by atoms with E-state index in [1.54, 1.807) is 10.5 Å². The third-order valence-corrected chi connectivity index (χ3v) is 6.64. The summed E-state index contributed by atoms with van der Waals surface area (Å²) in [4.78, 5) is 6.53. The highest BCUT2D eigenvalue weighted by Crippen LogP contribution is 2.22. The third-order valence-electron chi connectivity index (χ3n) is 4.33. The van der Waals surface area contributed by atoms with Crippen LogP contribution >= 0.6 is 0 Å². The monoisotopic (exact) mass is 325 g/mol. The molecule has 0 saturated carbocycles. The van der Waals surface area contributed by atoms with Crippen molar-refractivity contribution in [1.82, 2.24) is 14.2 Å². The summed E-state index contributed by atoms with van der Waals surface area (Å²) >= 11 is 0. The summed E-state index contributed by atoms with van der Waals surface area (Å²) in [7, 11) is -3.22. The molecule has 0 aromatic carbocycles. The smallest absolute Gasteiger partial charge is 0.218 e. The predicted molar refractivity (Wildman–Crippen MR) is 83.8 cm³/mol. The molecule has 3 rings (SSSR count). The fraction of sp³-hybridized carbons (Fsp3) is 0.667. The van der Waals surface area contributed by atoms with Crippen molar-refractivity contribution in [3.05, 3.63) is 30.1 Å². The zero-order chi connectivity index (χ0) is 15.4. The van der Waals surface area contributed by atoms with Crippen LogP contribution in [-0.2, 0) is 21.3 Å². The molecule has 0 aliphatic carbocycles. The van der Waals surface area contributed by atoms with Crippen LogP contribution in [0.25, 0.3) is 0 Å². The molecule has 1 atom stereocenters.